The largest absolute Gasteiger partial charge is 0.331 e. The Labute approximate surface area is 144 Å². The minimum atomic E-state index is -0.413. The van der Waals surface area contributed by atoms with Gasteiger partial charge in [-0.05, 0) is 26.3 Å². The van der Waals surface area contributed by atoms with E-state index in [1.165, 1.54) is 11.0 Å². The summed E-state index contributed by atoms with van der Waals surface area (Å²) in [6, 6.07) is 4.40. The number of carbonyl (C=O) groups is 1. The van der Waals surface area contributed by atoms with Crippen molar-refractivity contribution in [3.05, 3.63) is 55.5 Å². The molecule has 1 N–H and O–H groups in total. The quantitative estimate of drug-likeness (QED) is 0.661. The Balaban J connectivity index is 2.03. The molecule has 1 aromatic carbocycles. The summed E-state index contributed by atoms with van der Waals surface area (Å²) < 4.78 is 0. The summed E-state index contributed by atoms with van der Waals surface area (Å²) in [7, 11) is 1.69. The van der Waals surface area contributed by atoms with Crippen LogP contribution in [0.3, 0.4) is 0 Å². The van der Waals surface area contributed by atoms with E-state index in [2.05, 4.69) is 10.3 Å². The number of carbonyl (C=O) groups excluding carboxylic acids is 1. The number of nitro benzene ring substituents is 1. The van der Waals surface area contributed by atoms with Gasteiger partial charge in [-0.1, -0.05) is 12.1 Å². The maximum atomic E-state index is 12.3. The molecule has 1 heterocycles. The Hall–Kier alpha value is -2.48. The van der Waals surface area contributed by atoms with E-state index >= 15 is 0 Å². The number of aromatic nitrogens is 1. The van der Waals surface area contributed by atoms with E-state index < -0.39 is 4.92 Å². The summed E-state index contributed by atoms with van der Waals surface area (Å²) >= 11 is 1.54. The summed E-state index contributed by atoms with van der Waals surface area (Å²) in [5.41, 5.74) is 2.19. The number of nitro groups is 1. The number of benzene rings is 1. The van der Waals surface area contributed by atoms with Crippen molar-refractivity contribution < 1.29 is 9.72 Å². The van der Waals surface area contributed by atoms with Crippen LogP contribution in [0.25, 0.3) is 0 Å². The van der Waals surface area contributed by atoms with Crippen LogP contribution in [-0.4, -0.2) is 27.9 Å². The van der Waals surface area contributed by atoms with Gasteiger partial charge in [0, 0.05) is 24.1 Å². The van der Waals surface area contributed by atoms with Gasteiger partial charge in [0.25, 0.3) is 5.69 Å². The summed E-state index contributed by atoms with van der Waals surface area (Å²) in [5.74, 6) is 0. The van der Waals surface area contributed by atoms with Gasteiger partial charge in [0.15, 0.2) is 0 Å². The van der Waals surface area contributed by atoms with Gasteiger partial charge in [-0.15, -0.1) is 11.3 Å². The molecule has 0 bridgehead atoms. The van der Waals surface area contributed by atoms with Crippen LogP contribution >= 0.6 is 11.3 Å². The molecular formula is C16H20N4O3S. The zero-order valence-corrected chi connectivity index (χ0v) is 14.9. The summed E-state index contributed by atoms with van der Waals surface area (Å²) in [6.07, 6.45) is 0. The average Bonchev–Trinajstić information content (AvgIpc) is 2.92. The van der Waals surface area contributed by atoms with Crippen molar-refractivity contribution in [1.29, 1.82) is 0 Å². The third-order valence-electron chi connectivity index (χ3n) is 3.68. The first-order valence-corrected chi connectivity index (χ1v) is 8.33. The summed E-state index contributed by atoms with van der Waals surface area (Å²) in [6.45, 7) is 5.82. The fraction of sp³-hybridized carbons (Fsp3) is 0.375. The highest BCUT2D eigenvalue weighted by molar-refractivity contribution is 7.09. The summed E-state index contributed by atoms with van der Waals surface area (Å²) in [5, 5.41) is 16.8. The van der Waals surface area contributed by atoms with E-state index in [0.29, 0.717) is 17.7 Å². The molecule has 2 aromatic rings. The molecule has 0 spiro atoms. The zero-order valence-electron chi connectivity index (χ0n) is 14.1. The lowest BCUT2D eigenvalue weighted by molar-refractivity contribution is -0.385. The van der Waals surface area contributed by atoms with Gasteiger partial charge in [0.05, 0.1) is 28.2 Å². The Kier molecular flexibility index (Phi) is 5.50. The minimum absolute atomic E-state index is 0.0555. The molecule has 2 amide bonds. The Morgan fingerprint density at radius 2 is 2.17 bits per heavy atom. The van der Waals surface area contributed by atoms with Crippen molar-refractivity contribution in [3.8, 4) is 0 Å². The molecule has 0 fully saturated rings. The number of hydrogen-bond donors (Lipinski definition) is 1. The standard InChI is InChI=1S/C16H20N4O3S/c1-10-5-6-13(7-15(10)20(22)23)11(2)17-16(21)19(4)8-14-9-24-12(3)18-14/h5-7,9,11H,8H2,1-4H3,(H,17,21)/t11-/m1/s1. The van der Waals surface area contributed by atoms with Crippen molar-refractivity contribution in [1.82, 2.24) is 15.2 Å². The van der Waals surface area contributed by atoms with E-state index in [0.717, 1.165) is 10.7 Å². The first-order valence-electron chi connectivity index (χ1n) is 7.45. The molecular weight excluding hydrogens is 328 g/mol. The summed E-state index contributed by atoms with van der Waals surface area (Å²) in [4.78, 5) is 28.8. The number of thiazole rings is 1. The van der Waals surface area contributed by atoms with Gasteiger partial charge >= 0.3 is 6.03 Å². The lowest BCUT2D eigenvalue weighted by Crippen LogP contribution is -2.38. The van der Waals surface area contributed by atoms with E-state index in [1.807, 2.05) is 12.3 Å². The molecule has 24 heavy (non-hydrogen) atoms. The average molecular weight is 348 g/mol. The van der Waals surface area contributed by atoms with Gasteiger partial charge in [-0.3, -0.25) is 10.1 Å². The molecule has 2 rings (SSSR count). The molecule has 0 radical (unpaired) electrons. The van der Waals surface area contributed by atoms with E-state index in [1.54, 1.807) is 44.4 Å². The maximum Gasteiger partial charge on any atom is 0.317 e. The molecule has 128 valence electrons. The van der Waals surface area contributed by atoms with Gasteiger partial charge in [0.2, 0.25) is 0 Å². The number of aryl methyl sites for hydroxylation is 2. The predicted molar refractivity (Wildman–Crippen MR) is 93.1 cm³/mol. The first kappa shape index (κ1) is 17.9. The predicted octanol–water partition coefficient (Wildman–Crippen LogP) is 3.57. The Morgan fingerprint density at radius 3 is 2.75 bits per heavy atom. The molecule has 0 aliphatic rings. The number of rotatable bonds is 5. The van der Waals surface area contributed by atoms with Gasteiger partial charge in [0.1, 0.15) is 0 Å². The monoisotopic (exact) mass is 348 g/mol. The van der Waals surface area contributed by atoms with Crippen LogP contribution in [0.2, 0.25) is 0 Å². The number of nitrogens with zero attached hydrogens (tertiary/aromatic N) is 3. The normalized spacial score (nSPS) is 11.8. The number of urea groups is 1. The maximum absolute atomic E-state index is 12.3. The fourth-order valence-corrected chi connectivity index (χ4v) is 2.87. The number of hydrogen-bond acceptors (Lipinski definition) is 5. The van der Waals surface area contributed by atoms with E-state index in [-0.39, 0.29) is 17.8 Å². The number of amides is 2. The van der Waals surface area contributed by atoms with Crippen molar-refractivity contribution in [3.63, 3.8) is 0 Å². The molecule has 0 saturated carbocycles. The fourth-order valence-electron chi connectivity index (χ4n) is 2.27. The van der Waals surface area contributed by atoms with Crippen LogP contribution in [0.5, 0.6) is 0 Å². The minimum Gasteiger partial charge on any atom is -0.331 e. The lowest BCUT2D eigenvalue weighted by Gasteiger charge is -2.21. The van der Waals surface area contributed by atoms with Crippen molar-refractivity contribution >= 4 is 23.1 Å². The molecule has 1 aromatic heterocycles. The lowest BCUT2D eigenvalue weighted by atomic mass is 10.0. The van der Waals surface area contributed by atoms with E-state index in [4.69, 9.17) is 0 Å². The van der Waals surface area contributed by atoms with Crippen LogP contribution < -0.4 is 5.32 Å². The Bertz CT molecular complexity index is 760. The highest BCUT2D eigenvalue weighted by Gasteiger charge is 2.18. The highest BCUT2D eigenvalue weighted by atomic mass is 32.1. The highest BCUT2D eigenvalue weighted by Crippen LogP contribution is 2.23. The van der Waals surface area contributed by atoms with Crippen molar-refractivity contribution in [2.75, 3.05) is 7.05 Å². The molecule has 1 atom stereocenters. The topological polar surface area (TPSA) is 88.4 Å². The molecule has 0 unspecified atom stereocenters. The van der Waals surface area contributed by atoms with Gasteiger partial charge in [-0.2, -0.15) is 0 Å². The molecule has 0 saturated heterocycles. The van der Waals surface area contributed by atoms with Gasteiger partial charge < -0.3 is 10.2 Å². The third kappa shape index (κ3) is 4.29. The zero-order chi connectivity index (χ0) is 17.9. The molecule has 0 aliphatic carbocycles. The number of nitrogens with one attached hydrogen (secondary N) is 1. The second kappa shape index (κ2) is 7.39. The molecule has 7 nitrogen and oxygen atoms in total. The van der Waals surface area contributed by atoms with Crippen LogP contribution in [0.1, 0.15) is 34.8 Å². The first-order chi connectivity index (χ1) is 11.3. The van der Waals surface area contributed by atoms with Crippen molar-refractivity contribution in [2.45, 2.75) is 33.4 Å². The van der Waals surface area contributed by atoms with Crippen LogP contribution in [0, 0.1) is 24.0 Å². The second-order valence-electron chi connectivity index (χ2n) is 5.69. The second-order valence-corrected chi connectivity index (χ2v) is 6.75. The Morgan fingerprint density at radius 1 is 1.46 bits per heavy atom. The SMILES string of the molecule is Cc1nc(CN(C)C(=O)N[C@H](C)c2ccc(C)c([N+](=O)[O-])c2)cs1. The molecule has 0 aliphatic heterocycles. The van der Waals surface area contributed by atoms with Crippen LogP contribution in [0.15, 0.2) is 23.6 Å². The third-order valence-corrected chi connectivity index (χ3v) is 4.50. The van der Waals surface area contributed by atoms with Crippen molar-refractivity contribution in [2.24, 2.45) is 0 Å². The van der Waals surface area contributed by atoms with Gasteiger partial charge in [-0.25, -0.2) is 9.78 Å². The van der Waals surface area contributed by atoms with E-state index in [9.17, 15) is 14.9 Å². The smallest absolute Gasteiger partial charge is 0.317 e. The van der Waals surface area contributed by atoms with Crippen LogP contribution in [0.4, 0.5) is 10.5 Å². The molecule has 8 heteroatoms. The van der Waals surface area contributed by atoms with Crippen LogP contribution in [-0.2, 0) is 6.54 Å².